The first-order valence-corrected chi connectivity index (χ1v) is 10.7. The largest absolute Gasteiger partial charge is 1.00 e. The Morgan fingerprint density at radius 2 is 1.63 bits per heavy atom. The van der Waals surface area contributed by atoms with E-state index in [0.717, 1.165) is 13.8 Å². The van der Waals surface area contributed by atoms with Crippen molar-refractivity contribution in [3.05, 3.63) is 0 Å². The van der Waals surface area contributed by atoms with Crippen LogP contribution in [0.2, 0.25) is 0 Å². The van der Waals surface area contributed by atoms with E-state index in [1.807, 2.05) is 0 Å². The smallest absolute Gasteiger partial charge is 0.772 e. The van der Waals surface area contributed by atoms with Crippen LogP contribution in [0.5, 0.6) is 0 Å². The van der Waals surface area contributed by atoms with Crippen LogP contribution < -0.4 is 59.1 Å². The molecular weight excluding hydrogens is 542 g/mol. The first-order chi connectivity index (χ1) is 15.4. The molecule has 0 saturated carbocycles. The molecule has 0 bridgehead atoms. The van der Waals surface area contributed by atoms with Gasteiger partial charge in [0.05, 0.1) is 6.42 Å². The van der Waals surface area contributed by atoms with Crippen molar-refractivity contribution < 1.29 is 126 Å². The second kappa shape index (κ2) is 18.9. The zero-order valence-corrected chi connectivity index (χ0v) is 24.5. The molecule has 2 saturated heterocycles. The van der Waals surface area contributed by atoms with E-state index in [0.29, 0.717) is 5.06 Å². The molecule has 2 aliphatic heterocycles. The monoisotopic (exact) mass is 562 g/mol. The molecule has 0 spiro atoms. The number of piperidine rings is 1. The average molecular weight is 562 g/mol. The molecule has 35 heavy (non-hydrogen) atoms. The molecule has 0 aromatic carbocycles. The predicted molar refractivity (Wildman–Crippen MR) is 103 cm³/mol. The van der Waals surface area contributed by atoms with Crippen molar-refractivity contribution >= 4 is 56.6 Å². The van der Waals surface area contributed by atoms with Gasteiger partial charge in [0.1, 0.15) is 28.5 Å². The van der Waals surface area contributed by atoms with Crippen molar-refractivity contribution in [2.45, 2.75) is 37.2 Å². The average Bonchev–Trinajstić information content (AvgIpc) is 2.91. The number of carboxylic acids is 1. The van der Waals surface area contributed by atoms with E-state index in [-0.39, 0.29) is 64.2 Å². The van der Waals surface area contributed by atoms with E-state index in [1.165, 1.54) is 6.40 Å². The Balaban J connectivity index is -0.000000223. The summed E-state index contributed by atoms with van der Waals surface area (Å²) in [4.78, 5) is 67.6. The minimum atomic E-state index is -4.93. The van der Waals surface area contributed by atoms with Crippen LogP contribution in [0.1, 0.15) is 28.1 Å². The van der Waals surface area contributed by atoms with E-state index >= 15 is 0 Å². The van der Waals surface area contributed by atoms with Gasteiger partial charge in [-0.15, -0.1) is 12.8 Å². The number of rotatable bonds is 3. The number of hydroxylamine groups is 4. The topological polar surface area (TPSA) is 259 Å². The fraction of sp³-hybridized carbons (Fsp3) is 0.467. The second-order valence-corrected chi connectivity index (χ2v) is 8.37. The fourth-order valence-electron chi connectivity index (χ4n) is 1.97. The number of ketones is 1. The van der Waals surface area contributed by atoms with Crippen molar-refractivity contribution in [2.75, 3.05) is 6.54 Å². The molecule has 3 N–H and O–H groups in total. The number of carboxylic acid groups (broad SMARTS) is 1. The fourth-order valence-corrected chi connectivity index (χ4v) is 3.27. The normalized spacial score (nSPS) is 19.8. The SMILES string of the molecule is CC(=O)O.CC(=O)ON1CC(=O)CC(S(=O)(=O)[O-])C1=O.O=C1CC(S(=O)[O-])C(=O)N1[OH2+].[2H]C#C.[Na+].[Na+]. The van der Waals surface area contributed by atoms with Crippen LogP contribution in [0, 0.1) is 12.8 Å². The Hall–Kier alpha value is -1.24. The maximum Gasteiger partial charge on any atom is 1.00 e. The Morgan fingerprint density at radius 3 is 1.89 bits per heavy atom. The summed E-state index contributed by atoms with van der Waals surface area (Å²) in [5.41, 5.74) is 0. The van der Waals surface area contributed by atoms with Crippen LogP contribution in [0.4, 0.5) is 0 Å². The summed E-state index contributed by atoms with van der Waals surface area (Å²) < 4.78 is 58.2. The molecule has 0 radical (unpaired) electrons. The molecule has 2 rings (SSSR count). The Bertz CT molecular complexity index is 995. The van der Waals surface area contributed by atoms with E-state index in [2.05, 4.69) is 11.3 Å². The van der Waals surface area contributed by atoms with E-state index in [9.17, 15) is 45.7 Å². The summed E-state index contributed by atoms with van der Waals surface area (Å²) in [5.74, 6) is -5.31. The van der Waals surface area contributed by atoms with Crippen LogP contribution in [-0.4, -0.2) is 94.7 Å². The summed E-state index contributed by atoms with van der Waals surface area (Å²) in [5, 5.41) is 11.2. The molecule has 0 aromatic rings. The summed E-state index contributed by atoms with van der Waals surface area (Å²) >= 11 is -2.59. The van der Waals surface area contributed by atoms with Gasteiger partial charge < -0.3 is 24.3 Å². The summed E-state index contributed by atoms with van der Waals surface area (Å²) in [7, 11) is -4.93. The van der Waals surface area contributed by atoms with E-state index < -0.39 is 86.5 Å². The molecule has 3 unspecified atom stereocenters. The molecule has 3 atom stereocenters. The second-order valence-electron chi connectivity index (χ2n) is 5.72. The molecule has 20 heteroatoms. The van der Waals surface area contributed by atoms with Gasteiger partial charge in [-0.05, 0) is 16.1 Å². The molecular formula is C15H19N2Na2O14S2+. The van der Waals surface area contributed by atoms with Crippen molar-refractivity contribution in [2.24, 2.45) is 0 Å². The first kappa shape index (κ1) is 38.3. The van der Waals surface area contributed by atoms with Gasteiger partial charge in [-0.25, -0.2) is 8.42 Å². The first-order valence-electron chi connectivity index (χ1n) is 8.59. The maximum atomic E-state index is 11.4. The van der Waals surface area contributed by atoms with Gasteiger partial charge in [-0.2, -0.15) is 5.06 Å². The summed E-state index contributed by atoms with van der Waals surface area (Å²) in [6, 6.07) is 0. The minimum absolute atomic E-state index is 0. The molecule has 186 valence electrons. The minimum Gasteiger partial charge on any atom is -0.772 e. The van der Waals surface area contributed by atoms with Crippen molar-refractivity contribution in [1.82, 2.24) is 10.1 Å². The third-order valence-corrected chi connectivity index (χ3v) is 5.08. The number of imide groups is 1. The number of terminal acetylenes is 1. The molecule has 16 nitrogen and oxygen atoms in total. The molecule has 3 amide bonds. The number of Topliss-reactive ketones (excluding diaryl/α,β-unsaturated/α-hetero) is 1. The number of hydrogen-bond donors (Lipinski definition) is 1. The van der Waals surface area contributed by atoms with E-state index in [4.69, 9.17) is 16.5 Å². The number of nitrogens with zero attached hydrogens (tertiary/aromatic N) is 2. The van der Waals surface area contributed by atoms with Gasteiger partial charge in [0, 0.05) is 20.3 Å². The molecule has 2 aliphatic rings. The van der Waals surface area contributed by atoms with Gasteiger partial charge in [0.15, 0.2) is 5.78 Å². The Labute approximate surface area is 247 Å². The molecule has 2 fully saturated rings. The number of aliphatic carboxylic acids is 1. The third-order valence-electron chi connectivity index (χ3n) is 3.18. The standard InChI is InChI=1S/C7H9NO7S.C4H5NO5S.C2H4O2.C2H2.2Na/c1-4(9)15-8-3-5(10)2-6(7(8)11)16(12,13)14;6-3-1-2(11(9)10)4(7)5(3)8;1-2(3)4;1-2;;/h6H,2-3H2,1H3,(H,12,13,14);2,8H,1H2,(H,9,10);1H3,(H,3,4);1-2H;;/q;;;;2*+1/p-1/i;;;1D;;. The maximum absolute atomic E-state index is 11.4. The molecule has 2 heterocycles. The van der Waals surface area contributed by atoms with Gasteiger partial charge in [-0.1, -0.05) is 0 Å². The number of carbonyl (C=O) groups is 6. The van der Waals surface area contributed by atoms with Crippen molar-refractivity contribution in [1.29, 1.82) is 0 Å². The van der Waals surface area contributed by atoms with Crippen LogP contribution in [0.25, 0.3) is 0 Å². The quantitative estimate of drug-likeness (QED) is 0.0837. The zero-order chi connectivity index (χ0) is 27.4. The Morgan fingerprint density at radius 1 is 1.20 bits per heavy atom. The van der Waals surface area contributed by atoms with Crippen molar-refractivity contribution in [3.63, 3.8) is 0 Å². The van der Waals surface area contributed by atoms with Crippen LogP contribution in [0.15, 0.2) is 0 Å². The number of carbonyl (C=O) groups excluding carboxylic acids is 5. The van der Waals surface area contributed by atoms with Crippen LogP contribution in [0.3, 0.4) is 0 Å². The zero-order valence-electron chi connectivity index (χ0n) is 19.9. The predicted octanol–water partition coefficient (Wildman–Crippen LogP) is -9.84. The summed E-state index contributed by atoms with van der Waals surface area (Å²) in [6.07, 6.45) is 4.68. The Kier molecular flexibility index (Phi) is 20.7. The van der Waals surface area contributed by atoms with Crippen molar-refractivity contribution in [3.8, 4) is 12.8 Å². The molecule has 0 aliphatic carbocycles. The molecule has 0 aromatic heterocycles. The summed E-state index contributed by atoms with van der Waals surface area (Å²) in [6.45, 7) is 1.53. The van der Waals surface area contributed by atoms with Gasteiger partial charge >= 0.3 is 71.0 Å². The van der Waals surface area contributed by atoms with Gasteiger partial charge in [-0.3, -0.25) is 33.0 Å². The third kappa shape index (κ3) is 15.5. The number of hydrogen-bond acceptors (Lipinski definition) is 12. The van der Waals surface area contributed by atoms with Gasteiger partial charge in [0.25, 0.3) is 17.8 Å². The van der Waals surface area contributed by atoms with E-state index in [1.54, 1.807) is 0 Å². The number of amides is 3. The van der Waals surface area contributed by atoms with Crippen LogP contribution >= 0.6 is 0 Å². The van der Waals surface area contributed by atoms with Crippen LogP contribution in [-0.2, 0) is 54.8 Å². The van der Waals surface area contributed by atoms with Gasteiger partial charge in [0.2, 0.25) is 0 Å².